The van der Waals surface area contributed by atoms with E-state index in [1.165, 1.54) is 11.1 Å². The van der Waals surface area contributed by atoms with Crippen molar-refractivity contribution in [3.63, 3.8) is 0 Å². The lowest BCUT2D eigenvalue weighted by molar-refractivity contribution is 0.631. The maximum Gasteiger partial charge on any atom is 0.153 e. The maximum absolute atomic E-state index is 6.18. The summed E-state index contributed by atoms with van der Waals surface area (Å²) in [5, 5.41) is 5.03. The summed E-state index contributed by atoms with van der Waals surface area (Å²) in [6.45, 7) is 6.09. The fourth-order valence-electron chi connectivity index (χ4n) is 2.54. The zero-order valence-electron chi connectivity index (χ0n) is 12.2. The van der Waals surface area contributed by atoms with Crippen molar-refractivity contribution < 1.29 is 4.42 Å². The van der Waals surface area contributed by atoms with Crippen LogP contribution in [0, 0.1) is 6.92 Å². The van der Waals surface area contributed by atoms with E-state index >= 15 is 0 Å². The van der Waals surface area contributed by atoms with Crippen molar-refractivity contribution in [2.75, 3.05) is 6.54 Å². The van der Waals surface area contributed by atoms with Crippen molar-refractivity contribution in [3.05, 3.63) is 58.6 Å². The summed E-state index contributed by atoms with van der Waals surface area (Å²) in [4.78, 5) is 0. The molecule has 0 amide bonds. The molecule has 0 unspecified atom stereocenters. The summed E-state index contributed by atoms with van der Waals surface area (Å²) in [6.07, 6.45) is 0. The van der Waals surface area contributed by atoms with Crippen LogP contribution in [0.4, 0.5) is 0 Å². The van der Waals surface area contributed by atoms with Crippen LogP contribution in [0.3, 0.4) is 0 Å². The Morgan fingerprint density at radius 1 is 1.14 bits per heavy atom. The first-order valence-electron chi connectivity index (χ1n) is 7.17. The SMILES string of the molecule is CCNCc1ccc(-c2cc3cccc(Cl)c3o2)c(C)c1. The third kappa shape index (κ3) is 2.82. The molecule has 0 radical (unpaired) electrons. The fourth-order valence-corrected chi connectivity index (χ4v) is 2.76. The first-order chi connectivity index (χ1) is 10.2. The van der Waals surface area contributed by atoms with Gasteiger partial charge in [-0.3, -0.25) is 0 Å². The van der Waals surface area contributed by atoms with Crippen LogP contribution in [0.25, 0.3) is 22.3 Å². The van der Waals surface area contributed by atoms with Gasteiger partial charge in [-0.05, 0) is 36.7 Å². The number of halogens is 1. The highest BCUT2D eigenvalue weighted by Gasteiger charge is 2.11. The van der Waals surface area contributed by atoms with Crippen LogP contribution in [-0.2, 0) is 6.54 Å². The average Bonchev–Trinajstić information content (AvgIpc) is 2.90. The van der Waals surface area contributed by atoms with E-state index < -0.39 is 0 Å². The van der Waals surface area contributed by atoms with Gasteiger partial charge in [-0.15, -0.1) is 0 Å². The predicted molar refractivity (Wildman–Crippen MR) is 88.8 cm³/mol. The van der Waals surface area contributed by atoms with E-state index in [2.05, 4.69) is 37.4 Å². The highest BCUT2D eigenvalue weighted by molar-refractivity contribution is 6.34. The molecular weight excluding hydrogens is 282 g/mol. The van der Waals surface area contributed by atoms with Crippen LogP contribution >= 0.6 is 11.6 Å². The molecule has 2 aromatic carbocycles. The quantitative estimate of drug-likeness (QED) is 0.719. The molecule has 3 heteroatoms. The Kier molecular flexibility index (Phi) is 4.00. The summed E-state index contributed by atoms with van der Waals surface area (Å²) in [7, 11) is 0. The molecule has 2 nitrogen and oxygen atoms in total. The van der Waals surface area contributed by atoms with Crippen LogP contribution in [0.1, 0.15) is 18.1 Å². The van der Waals surface area contributed by atoms with Crippen molar-refractivity contribution in [1.29, 1.82) is 0 Å². The van der Waals surface area contributed by atoms with E-state index in [0.29, 0.717) is 5.02 Å². The molecule has 1 N–H and O–H groups in total. The molecule has 1 aromatic heterocycles. The number of nitrogens with one attached hydrogen (secondary N) is 1. The lowest BCUT2D eigenvalue weighted by atomic mass is 10.0. The van der Waals surface area contributed by atoms with Crippen molar-refractivity contribution >= 4 is 22.6 Å². The van der Waals surface area contributed by atoms with Crippen LogP contribution in [-0.4, -0.2) is 6.54 Å². The van der Waals surface area contributed by atoms with Crippen molar-refractivity contribution in [3.8, 4) is 11.3 Å². The minimum Gasteiger partial charge on any atom is -0.455 e. The van der Waals surface area contributed by atoms with Gasteiger partial charge in [0.25, 0.3) is 0 Å². The fraction of sp³-hybridized carbons (Fsp3) is 0.222. The largest absolute Gasteiger partial charge is 0.455 e. The summed E-state index contributed by atoms with van der Waals surface area (Å²) in [6, 6.07) is 14.3. The topological polar surface area (TPSA) is 25.2 Å². The Bertz CT molecular complexity index is 776. The molecule has 0 saturated carbocycles. The molecule has 0 fully saturated rings. The van der Waals surface area contributed by atoms with Crippen molar-refractivity contribution in [2.24, 2.45) is 0 Å². The van der Waals surface area contributed by atoms with Gasteiger partial charge in [0.2, 0.25) is 0 Å². The molecule has 3 rings (SSSR count). The molecule has 0 saturated heterocycles. The highest BCUT2D eigenvalue weighted by Crippen LogP contribution is 2.33. The van der Waals surface area contributed by atoms with E-state index in [1.807, 2.05) is 24.3 Å². The van der Waals surface area contributed by atoms with Gasteiger partial charge in [0.05, 0.1) is 5.02 Å². The summed E-state index contributed by atoms with van der Waals surface area (Å²) in [5.41, 5.74) is 4.36. The first kappa shape index (κ1) is 14.2. The van der Waals surface area contributed by atoms with Gasteiger partial charge >= 0.3 is 0 Å². The van der Waals surface area contributed by atoms with Crippen LogP contribution < -0.4 is 5.32 Å². The molecule has 108 valence electrons. The standard InChI is InChI=1S/C18H18ClNO/c1-3-20-11-13-7-8-15(12(2)9-13)17-10-14-5-4-6-16(19)18(14)21-17/h4-10,20H,3,11H2,1-2H3. The Hall–Kier alpha value is -1.77. The van der Waals surface area contributed by atoms with E-state index in [-0.39, 0.29) is 0 Å². The van der Waals surface area contributed by atoms with Crippen molar-refractivity contribution in [2.45, 2.75) is 20.4 Å². The third-order valence-corrected chi connectivity index (χ3v) is 3.93. The van der Waals surface area contributed by atoms with Gasteiger partial charge in [-0.2, -0.15) is 0 Å². The highest BCUT2D eigenvalue weighted by atomic mass is 35.5. The monoisotopic (exact) mass is 299 g/mol. The second-order valence-electron chi connectivity index (χ2n) is 5.20. The zero-order valence-corrected chi connectivity index (χ0v) is 13.0. The van der Waals surface area contributed by atoms with Crippen molar-refractivity contribution in [1.82, 2.24) is 5.32 Å². The zero-order chi connectivity index (χ0) is 14.8. The molecule has 21 heavy (non-hydrogen) atoms. The van der Waals surface area contributed by atoms with Crippen LogP contribution in [0.2, 0.25) is 5.02 Å². The van der Waals surface area contributed by atoms with E-state index in [1.54, 1.807) is 0 Å². The lowest BCUT2D eigenvalue weighted by Crippen LogP contribution is -2.11. The second kappa shape index (κ2) is 5.92. The molecule has 0 aliphatic heterocycles. The summed E-state index contributed by atoms with van der Waals surface area (Å²) in [5.74, 6) is 0.866. The van der Waals surface area contributed by atoms with Gasteiger partial charge in [0.1, 0.15) is 5.76 Å². The number of rotatable bonds is 4. The Morgan fingerprint density at radius 3 is 2.71 bits per heavy atom. The molecule has 3 aromatic rings. The van der Waals surface area contributed by atoms with Gasteiger partial charge in [0, 0.05) is 17.5 Å². The number of hydrogen-bond acceptors (Lipinski definition) is 2. The maximum atomic E-state index is 6.18. The predicted octanol–water partition coefficient (Wildman–Crippen LogP) is 5.17. The summed E-state index contributed by atoms with van der Waals surface area (Å²) < 4.78 is 5.94. The van der Waals surface area contributed by atoms with Gasteiger partial charge < -0.3 is 9.73 Å². The molecule has 0 bridgehead atoms. The molecule has 0 aliphatic carbocycles. The number of hydrogen-bond donors (Lipinski definition) is 1. The molecular formula is C18H18ClNO. The normalized spacial score (nSPS) is 11.2. The van der Waals surface area contributed by atoms with Gasteiger partial charge in [-0.1, -0.05) is 48.9 Å². The molecule has 0 aliphatic rings. The van der Waals surface area contributed by atoms with E-state index in [4.69, 9.17) is 16.0 Å². The van der Waals surface area contributed by atoms with E-state index in [0.717, 1.165) is 35.4 Å². The minimum atomic E-state index is 0.653. The van der Waals surface area contributed by atoms with Gasteiger partial charge in [0.15, 0.2) is 5.58 Å². The third-order valence-electron chi connectivity index (χ3n) is 3.63. The summed E-state index contributed by atoms with van der Waals surface area (Å²) >= 11 is 6.18. The number of benzene rings is 2. The average molecular weight is 300 g/mol. The molecule has 1 heterocycles. The number of para-hydroxylation sites is 1. The smallest absolute Gasteiger partial charge is 0.153 e. The van der Waals surface area contributed by atoms with Crippen LogP contribution in [0.5, 0.6) is 0 Å². The number of fused-ring (bicyclic) bond motifs is 1. The van der Waals surface area contributed by atoms with E-state index in [9.17, 15) is 0 Å². The minimum absolute atomic E-state index is 0.653. The Morgan fingerprint density at radius 2 is 2.00 bits per heavy atom. The number of aryl methyl sites for hydroxylation is 1. The molecule has 0 spiro atoms. The lowest BCUT2D eigenvalue weighted by Gasteiger charge is -2.07. The first-order valence-corrected chi connectivity index (χ1v) is 7.55. The van der Waals surface area contributed by atoms with Crippen LogP contribution in [0.15, 0.2) is 46.9 Å². The Labute approximate surface area is 129 Å². The Balaban J connectivity index is 2.00. The number of furan rings is 1. The second-order valence-corrected chi connectivity index (χ2v) is 5.61. The van der Waals surface area contributed by atoms with Gasteiger partial charge in [-0.25, -0.2) is 0 Å². The molecule has 0 atom stereocenters.